The number of ether oxygens (including phenoxy) is 1. The molecule has 0 aliphatic rings. The molecule has 1 aromatic rings. The smallest absolute Gasteiger partial charge is 0.262 e. The van der Waals surface area contributed by atoms with Crippen LogP contribution in [0.3, 0.4) is 0 Å². The molecule has 0 saturated heterocycles. The van der Waals surface area contributed by atoms with Crippen LogP contribution >= 0.6 is 26.6 Å². The monoisotopic (exact) mass is 309 g/mol. The van der Waals surface area contributed by atoms with Crippen molar-refractivity contribution in [3.63, 3.8) is 0 Å². The van der Waals surface area contributed by atoms with Gasteiger partial charge in [-0.1, -0.05) is 0 Å². The predicted molar refractivity (Wildman–Crippen MR) is 58.4 cm³/mol. The second-order valence-corrected chi connectivity index (χ2v) is 5.92. The molecular weight excluding hydrogens is 306 g/mol. The molecule has 0 bridgehead atoms. The van der Waals surface area contributed by atoms with Crippen molar-refractivity contribution in [3.05, 3.63) is 22.2 Å². The average Bonchev–Trinajstić information content (AvgIpc) is 2.15. The largest absolute Gasteiger partial charge is 0.496 e. The zero-order chi connectivity index (χ0) is 11.6. The number of nitriles is 1. The molecule has 0 heterocycles. The van der Waals surface area contributed by atoms with Crippen molar-refractivity contribution in [3.8, 4) is 11.8 Å². The van der Waals surface area contributed by atoms with Crippen LogP contribution in [-0.2, 0) is 9.05 Å². The topological polar surface area (TPSA) is 67.2 Å². The molecule has 0 aliphatic heterocycles. The summed E-state index contributed by atoms with van der Waals surface area (Å²) in [5.74, 6) is 0.299. The van der Waals surface area contributed by atoms with E-state index >= 15 is 0 Å². The van der Waals surface area contributed by atoms with Gasteiger partial charge < -0.3 is 4.74 Å². The lowest BCUT2D eigenvalue weighted by atomic mass is 10.2. The molecule has 0 atom stereocenters. The maximum atomic E-state index is 11.1. The molecule has 15 heavy (non-hydrogen) atoms. The van der Waals surface area contributed by atoms with Gasteiger partial charge in [-0.25, -0.2) is 8.42 Å². The van der Waals surface area contributed by atoms with Crippen LogP contribution in [0.1, 0.15) is 5.56 Å². The summed E-state index contributed by atoms with van der Waals surface area (Å²) in [6.07, 6.45) is 0. The molecule has 0 saturated carbocycles. The van der Waals surface area contributed by atoms with Crippen LogP contribution in [0, 0.1) is 11.3 Å². The fourth-order valence-electron chi connectivity index (χ4n) is 0.980. The number of halogens is 2. The third kappa shape index (κ3) is 2.62. The Balaban J connectivity index is 3.59. The van der Waals surface area contributed by atoms with Crippen LogP contribution in [0.5, 0.6) is 5.75 Å². The second kappa shape index (κ2) is 4.39. The molecule has 1 rings (SSSR count). The molecule has 0 spiro atoms. The molecule has 1 aromatic carbocycles. The summed E-state index contributed by atoms with van der Waals surface area (Å²) < 4.78 is 27.7. The van der Waals surface area contributed by atoms with Crippen molar-refractivity contribution in [2.75, 3.05) is 7.11 Å². The van der Waals surface area contributed by atoms with E-state index < -0.39 is 9.05 Å². The predicted octanol–water partition coefficient (Wildman–Crippen LogP) is 2.26. The molecule has 7 heteroatoms. The van der Waals surface area contributed by atoms with Gasteiger partial charge in [0, 0.05) is 16.7 Å². The Morgan fingerprint density at radius 3 is 2.53 bits per heavy atom. The van der Waals surface area contributed by atoms with Crippen molar-refractivity contribution in [1.29, 1.82) is 5.26 Å². The highest BCUT2D eigenvalue weighted by molar-refractivity contribution is 9.10. The zero-order valence-corrected chi connectivity index (χ0v) is 10.6. The number of rotatable bonds is 2. The van der Waals surface area contributed by atoms with Crippen molar-refractivity contribution in [1.82, 2.24) is 0 Å². The van der Waals surface area contributed by atoms with Crippen LogP contribution in [0.25, 0.3) is 0 Å². The van der Waals surface area contributed by atoms with Crippen molar-refractivity contribution in [2.24, 2.45) is 0 Å². The summed E-state index contributed by atoms with van der Waals surface area (Å²) in [6, 6.07) is 4.29. The summed E-state index contributed by atoms with van der Waals surface area (Å²) >= 11 is 3.13. The van der Waals surface area contributed by atoms with Crippen LogP contribution in [-0.4, -0.2) is 15.5 Å². The van der Waals surface area contributed by atoms with E-state index in [9.17, 15) is 8.42 Å². The van der Waals surface area contributed by atoms with E-state index in [4.69, 9.17) is 20.7 Å². The SMILES string of the molecule is COc1cc(S(=O)(=O)Cl)c(C#N)cc1Br. The third-order valence-electron chi connectivity index (χ3n) is 1.64. The Hall–Kier alpha value is -0.770. The van der Waals surface area contributed by atoms with Gasteiger partial charge in [-0.15, -0.1) is 0 Å². The number of benzene rings is 1. The number of nitrogens with zero attached hydrogens (tertiary/aromatic N) is 1. The molecule has 0 unspecified atom stereocenters. The highest BCUT2D eigenvalue weighted by atomic mass is 79.9. The van der Waals surface area contributed by atoms with Crippen LogP contribution in [0.15, 0.2) is 21.5 Å². The highest BCUT2D eigenvalue weighted by Crippen LogP contribution is 2.31. The maximum absolute atomic E-state index is 11.1. The first-order valence-corrected chi connectivity index (χ1v) is 6.72. The standard InChI is InChI=1S/C8H5BrClNO3S/c1-14-7-3-8(15(10,12)13)5(4-11)2-6(7)9/h2-3H,1H3. The normalized spacial score (nSPS) is 10.8. The molecule has 80 valence electrons. The summed E-state index contributed by atoms with van der Waals surface area (Å²) in [4.78, 5) is -0.258. The molecule has 0 amide bonds. The molecule has 0 aliphatic carbocycles. The first kappa shape index (κ1) is 12.3. The fraction of sp³-hybridized carbons (Fsp3) is 0.125. The van der Waals surface area contributed by atoms with Gasteiger partial charge in [0.25, 0.3) is 9.05 Å². The lowest BCUT2D eigenvalue weighted by Crippen LogP contribution is -1.97. The zero-order valence-electron chi connectivity index (χ0n) is 7.49. The summed E-state index contributed by atoms with van der Waals surface area (Å²) in [5, 5.41) is 8.74. The van der Waals surface area contributed by atoms with Gasteiger partial charge in [0.05, 0.1) is 17.1 Å². The summed E-state index contributed by atoms with van der Waals surface area (Å²) in [5.41, 5.74) is -0.0299. The van der Waals surface area contributed by atoms with Crippen molar-refractivity contribution in [2.45, 2.75) is 4.90 Å². The fourth-order valence-corrected chi connectivity index (χ4v) is 2.48. The van der Waals surface area contributed by atoms with E-state index in [1.165, 1.54) is 19.2 Å². The van der Waals surface area contributed by atoms with Crippen LogP contribution in [0.2, 0.25) is 0 Å². The highest BCUT2D eigenvalue weighted by Gasteiger charge is 2.18. The minimum atomic E-state index is -3.95. The first-order chi connectivity index (χ1) is 6.90. The Kier molecular flexibility index (Phi) is 3.60. The van der Waals surface area contributed by atoms with Crippen molar-refractivity contribution >= 4 is 35.7 Å². The number of hydrogen-bond acceptors (Lipinski definition) is 4. The Morgan fingerprint density at radius 2 is 2.13 bits per heavy atom. The van der Waals surface area contributed by atoms with Gasteiger partial charge in [0.1, 0.15) is 16.7 Å². The molecular formula is C8H5BrClNO3S. The van der Waals surface area contributed by atoms with Gasteiger partial charge in [-0.2, -0.15) is 5.26 Å². The minimum Gasteiger partial charge on any atom is -0.496 e. The molecule has 0 radical (unpaired) electrons. The first-order valence-electron chi connectivity index (χ1n) is 3.62. The lowest BCUT2D eigenvalue weighted by molar-refractivity contribution is 0.410. The molecule has 4 nitrogen and oxygen atoms in total. The minimum absolute atomic E-state index is 0.0299. The summed E-state index contributed by atoms with van der Waals surface area (Å²) in [7, 11) is 2.61. The Labute approximate surface area is 100.0 Å². The molecule has 0 N–H and O–H groups in total. The number of hydrogen-bond donors (Lipinski definition) is 0. The molecule has 0 aromatic heterocycles. The van der Waals surface area contributed by atoms with Gasteiger partial charge in [-0.05, 0) is 22.0 Å². The van der Waals surface area contributed by atoms with Crippen LogP contribution < -0.4 is 4.74 Å². The summed E-state index contributed by atoms with van der Waals surface area (Å²) in [6.45, 7) is 0. The van der Waals surface area contributed by atoms with Gasteiger partial charge in [-0.3, -0.25) is 0 Å². The Morgan fingerprint density at radius 1 is 1.53 bits per heavy atom. The number of methoxy groups -OCH3 is 1. The van der Waals surface area contributed by atoms with E-state index in [1.807, 2.05) is 0 Å². The third-order valence-corrected chi connectivity index (χ3v) is 3.62. The second-order valence-electron chi connectivity index (χ2n) is 2.53. The van der Waals surface area contributed by atoms with E-state index in [2.05, 4.69) is 15.9 Å². The van der Waals surface area contributed by atoms with Gasteiger partial charge in [0.15, 0.2) is 0 Å². The quantitative estimate of drug-likeness (QED) is 0.786. The molecule has 0 fully saturated rings. The van der Waals surface area contributed by atoms with E-state index in [0.29, 0.717) is 10.2 Å². The van der Waals surface area contributed by atoms with E-state index in [-0.39, 0.29) is 10.5 Å². The lowest BCUT2D eigenvalue weighted by Gasteiger charge is -2.06. The maximum Gasteiger partial charge on any atom is 0.262 e. The van der Waals surface area contributed by atoms with E-state index in [0.717, 1.165) is 0 Å². The average molecular weight is 311 g/mol. The Bertz CT molecular complexity index is 536. The van der Waals surface area contributed by atoms with Crippen LogP contribution in [0.4, 0.5) is 0 Å². The van der Waals surface area contributed by atoms with Gasteiger partial charge in [0.2, 0.25) is 0 Å². The van der Waals surface area contributed by atoms with Gasteiger partial charge >= 0.3 is 0 Å². The van der Waals surface area contributed by atoms with E-state index in [1.54, 1.807) is 6.07 Å². The van der Waals surface area contributed by atoms with Crippen molar-refractivity contribution < 1.29 is 13.2 Å².